The third kappa shape index (κ3) is 3.96. The van der Waals surface area contributed by atoms with Crippen LogP contribution in [-0.4, -0.2) is 28.8 Å². The lowest BCUT2D eigenvalue weighted by molar-refractivity contribution is -0.136. The molecule has 148 valence electrons. The van der Waals surface area contributed by atoms with Crippen LogP contribution in [0.25, 0.3) is 0 Å². The van der Waals surface area contributed by atoms with Crippen LogP contribution in [-0.2, 0) is 9.53 Å². The van der Waals surface area contributed by atoms with Crippen LogP contribution in [0.3, 0.4) is 0 Å². The molecule has 0 spiro atoms. The Morgan fingerprint density at radius 2 is 2.04 bits per heavy atom. The third-order valence-electron chi connectivity index (χ3n) is 4.57. The lowest BCUT2D eigenvalue weighted by atomic mass is 9.82. The van der Waals surface area contributed by atoms with Gasteiger partial charge in [-0.15, -0.1) is 0 Å². The Morgan fingerprint density at radius 1 is 1.32 bits per heavy atom. The first kappa shape index (κ1) is 20.1. The van der Waals surface area contributed by atoms with Crippen molar-refractivity contribution in [1.29, 1.82) is 0 Å². The van der Waals surface area contributed by atoms with Crippen LogP contribution in [0.1, 0.15) is 43.7 Å². The molecule has 0 fully saturated rings. The molecule has 6 nitrogen and oxygen atoms in total. The number of esters is 1. The number of carbonyl (C=O) groups is 1. The maximum atomic E-state index is 13.4. The molecule has 3 rings (SSSR count). The van der Waals surface area contributed by atoms with Gasteiger partial charge >= 0.3 is 5.97 Å². The number of hydrogen-bond acceptors (Lipinski definition) is 6. The summed E-state index contributed by atoms with van der Waals surface area (Å²) < 4.78 is 18.4. The van der Waals surface area contributed by atoms with Crippen LogP contribution >= 0.6 is 11.8 Å². The summed E-state index contributed by atoms with van der Waals surface area (Å²) in [6, 6.07) is 5.74. The van der Waals surface area contributed by atoms with Crippen LogP contribution in [0, 0.1) is 5.82 Å². The van der Waals surface area contributed by atoms with Crippen LogP contribution in [0.4, 0.5) is 10.2 Å². The van der Waals surface area contributed by atoms with E-state index in [2.05, 4.69) is 22.2 Å². The molecule has 28 heavy (non-hydrogen) atoms. The van der Waals surface area contributed by atoms with Crippen molar-refractivity contribution in [3.63, 3.8) is 0 Å². The van der Waals surface area contributed by atoms with E-state index in [1.807, 2.05) is 0 Å². The van der Waals surface area contributed by atoms with Gasteiger partial charge in [-0.3, -0.25) is 4.79 Å². The Hall–Kier alpha value is -2.61. The van der Waals surface area contributed by atoms with Crippen molar-refractivity contribution in [1.82, 2.24) is 9.97 Å². The molecule has 8 heteroatoms. The van der Waals surface area contributed by atoms with Gasteiger partial charge in [-0.1, -0.05) is 37.2 Å². The van der Waals surface area contributed by atoms with Crippen molar-refractivity contribution in [2.24, 2.45) is 0 Å². The molecule has 0 radical (unpaired) electrons. The molecular weight excluding hydrogens is 381 g/mol. The smallest absolute Gasteiger partial charge is 0.336 e. The number of fused-ring (bicyclic) bond motifs is 1. The molecule has 1 aliphatic heterocycles. The summed E-state index contributed by atoms with van der Waals surface area (Å²) in [5.74, 6) is -0.391. The van der Waals surface area contributed by atoms with Crippen molar-refractivity contribution < 1.29 is 13.9 Å². The first-order valence-corrected chi connectivity index (χ1v) is 10.0. The average molecular weight is 403 g/mol. The number of allylic oxidation sites excluding steroid dienone is 1. The molecule has 2 aromatic rings. The molecular formula is C20H22FN3O3S. The highest BCUT2D eigenvalue weighted by Gasteiger charge is 2.36. The minimum absolute atomic E-state index is 0.306. The molecule has 0 bridgehead atoms. The van der Waals surface area contributed by atoms with E-state index in [1.54, 1.807) is 19.1 Å². The van der Waals surface area contributed by atoms with Gasteiger partial charge in [0.1, 0.15) is 11.6 Å². The quantitative estimate of drug-likeness (QED) is 0.330. The van der Waals surface area contributed by atoms with Crippen molar-refractivity contribution in [3.05, 3.63) is 62.8 Å². The van der Waals surface area contributed by atoms with Crippen LogP contribution in [0.5, 0.6) is 0 Å². The van der Waals surface area contributed by atoms with Gasteiger partial charge in [-0.25, -0.2) is 14.2 Å². The molecule has 1 unspecified atom stereocenters. The number of halogens is 1. The Bertz CT molecular complexity index is 970. The molecule has 1 atom stereocenters. The SMILES string of the molecule is CCCCSc1nc2c(c(=O)[nH]1)C(c1ccc(F)cc1)C(C(=O)OC)=C(C)N2. The number of anilines is 1. The zero-order chi connectivity index (χ0) is 20.3. The van der Waals surface area contributed by atoms with Crippen molar-refractivity contribution in [2.75, 3.05) is 18.2 Å². The van der Waals surface area contributed by atoms with Gasteiger partial charge in [-0.05, 0) is 31.0 Å². The Morgan fingerprint density at radius 3 is 2.68 bits per heavy atom. The summed E-state index contributed by atoms with van der Waals surface area (Å²) in [5.41, 5.74) is 1.45. The predicted octanol–water partition coefficient (Wildman–Crippen LogP) is 3.81. The van der Waals surface area contributed by atoms with Gasteiger partial charge in [0.15, 0.2) is 5.16 Å². The summed E-state index contributed by atoms with van der Waals surface area (Å²) in [6.07, 6.45) is 2.07. The number of ether oxygens (including phenoxy) is 1. The second kappa shape index (κ2) is 8.60. The number of H-pyrrole nitrogens is 1. The first-order valence-electron chi connectivity index (χ1n) is 9.04. The molecule has 0 amide bonds. The highest BCUT2D eigenvalue weighted by Crippen LogP contribution is 2.40. The summed E-state index contributed by atoms with van der Waals surface area (Å²) >= 11 is 1.48. The fraction of sp³-hybridized carbons (Fsp3) is 0.350. The number of unbranched alkanes of at least 4 members (excludes halogenated alkanes) is 1. The van der Waals surface area contributed by atoms with E-state index in [1.165, 1.54) is 31.0 Å². The normalized spacial score (nSPS) is 15.8. The summed E-state index contributed by atoms with van der Waals surface area (Å²) in [7, 11) is 1.29. The summed E-state index contributed by atoms with van der Waals surface area (Å²) in [4.78, 5) is 32.7. The van der Waals surface area contributed by atoms with Crippen LogP contribution < -0.4 is 10.9 Å². The topological polar surface area (TPSA) is 84.1 Å². The van der Waals surface area contributed by atoms with Crippen LogP contribution in [0.15, 0.2) is 45.5 Å². The van der Waals surface area contributed by atoms with Gasteiger partial charge in [0.25, 0.3) is 5.56 Å². The van der Waals surface area contributed by atoms with Gasteiger partial charge in [-0.2, -0.15) is 0 Å². The fourth-order valence-corrected chi connectivity index (χ4v) is 4.13. The van der Waals surface area contributed by atoms with Crippen LogP contribution in [0.2, 0.25) is 0 Å². The number of rotatable bonds is 6. The van der Waals surface area contributed by atoms with Gasteiger partial charge < -0.3 is 15.0 Å². The van der Waals surface area contributed by atoms with Gasteiger partial charge in [0.05, 0.1) is 24.2 Å². The third-order valence-corrected chi connectivity index (χ3v) is 5.53. The number of aromatic amines is 1. The number of methoxy groups -OCH3 is 1. The predicted molar refractivity (Wildman–Crippen MR) is 107 cm³/mol. The molecule has 1 aromatic heterocycles. The lowest BCUT2D eigenvalue weighted by Crippen LogP contribution is -2.31. The monoisotopic (exact) mass is 403 g/mol. The number of hydrogen-bond donors (Lipinski definition) is 2. The number of thioether (sulfide) groups is 1. The van der Waals surface area contributed by atoms with Crippen molar-refractivity contribution in [3.8, 4) is 0 Å². The van der Waals surface area contributed by atoms with Crippen molar-refractivity contribution >= 4 is 23.5 Å². The zero-order valence-electron chi connectivity index (χ0n) is 16.0. The first-order chi connectivity index (χ1) is 13.5. The summed E-state index contributed by atoms with van der Waals surface area (Å²) in [6.45, 7) is 3.83. The second-order valence-corrected chi connectivity index (χ2v) is 7.56. The molecule has 2 N–H and O–H groups in total. The van der Waals surface area contributed by atoms with Gasteiger partial charge in [0.2, 0.25) is 0 Å². The Labute approximate surface area is 166 Å². The molecule has 1 aromatic carbocycles. The lowest BCUT2D eigenvalue weighted by Gasteiger charge is -2.28. The Balaban J connectivity index is 2.13. The Kier molecular flexibility index (Phi) is 6.18. The van der Waals surface area contributed by atoms with E-state index in [9.17, 15) is 14.0 Å². The summed E-state index contributed by atoms with van der Waals surface area (Å²) in [5, 5.41) is 3.59. The largest absolute Gasteiger partial charge is 0.466 e. The minimum Gasteiger partial charge on any atom is -0.466 e. The van der Waals surface area contributed by atoms with E-state index in [4.69, 9.17) is 4.74 Å². The maximum Gasteiger partial charge on any atom is 0.336 e. The number of nitrogens with one attached hydrogen (secondary N) is 2. The molecule has 0 aliphatic carbocycles. The van der Waals surface area contributed by atoms with E-state index < -0.39 is 17.7 Å². The standard InChI is InChI=1S/C20H22FN3O3S/c1-4-5-10-28-20-23-17-16(18(25)24-20)15(12-6-8-13(21)9-7-12)14(11(2)22-17)19(26)27-3/h6-9,15H,4-5,10H2,1-3H3,(H2,22,23,24,25). The highest BCUT2D eigenvalue weighted by atomic mass is 32.2. The molecule has 2 heterocycles. The minimum atomic E-state index is -0.699. The number of nitrogens with zero attached hydrogens (tertiary/aromatic N) is 1. The average Bonchev–Trinajstić information content (AvgIpc) is 2.67. The second-order valence-electron chi connectivity index (χ2n) is 6.48. The van der Waals surface area contributed by atoms with E-state index in [0.717, 1.165) is 18.6 Å². The molecule has 0 saturated carbocycles. The number of benzene rings is 1. The zero-order valence-corrected chi connectivity index (χ0v) is 16.8. The number of aromatic nitrogens is 2. The van der Waals surface area contributed by atoms with E-state index in [-0.39, 0.29) is 5.56 Å². The fourth-order valence-electron chi connectivity index (χ4n) is 3.18. The van der Waals surface area contributed by atoms with Crippen molar-refractivity contribution in [2.45, 2.75) is 37.8 Å². The maximum absolute atomic E-state index is 13.4. The molecule has 0 saturated heterocycles. The highest BCUT2D eigenvalue weighted by molar-refractivity contribution is 7.99. The van der Waals surface area contributed by atoms with E-state index >= 15 is 0 Å². The van der Waals surface area contributed by atoms with Gasteiger partial charge in [0, 0.05) is 11.4 Å². The number of carbonyl (C=O) groups excluding carboxylic acids is 1. The molecule has 1 aliphatic rings. The van der Waals surface area contributed by atoms with E-state index in [0.29, 0.717) is 33.4 Å².